The lowest BCUT2D eigenvalue weighted by molar-refractivity contribution is -0.122. The lowest BCUT2D eigenvalue weighted by atomic mass is 10.1. The zero-order chi connectivity index (χ0) is 13.2. The molecule has 1 atom stereocenters. The van der Waals surface area contributed by atoms with Crippen LogP contribution in [0.3, 0.4) is 0 Å². The van der Waals surface area contributed by atoms with E-state index in [2.05, 4.69) is 22.3 Å². The first-order valence-electron chi connectivity index (χ1n) is 7.00. The lowest BCUT2D eigenvalue weighted by Gasteiger charge is -2.19. The van der Waals surface area contributed by atoms with Crippen molar-refractivity contribution in [3.8, 4) is 0 Å². The van der Waals surface area contributed by atoms with Gasteiger partial charge in [-0.15, -0.1) is 0 Å². The zero-order valence-electron chi connectivity index (χ0n) is 10.9. The van der Waals surface area contributed by atoms with Crippen LogP contribution in [0.2, 0.25) is 5.02 Å². The second kappa shape index (κ2) is 5.41. The molecular formula is C15H19ClN2O. The molecule has 2 aliphatic rings. The number of nitrogens with zero attached hydrogens (tertiary/aromatic N) is 1. The molecule has 1 heterocycles. The fourth-order valence-corrected chi connectivity index (χ4v) is 2.75. The molecule has 1 amide bonds. The first-order valence-corrected chi connectivity index (χ1v) is 7.38. The lowest BCUT2D eigenvalue weighted by Crippen LogP contribution is -2.31. The van der Waals surface area contributed by atoms with Gasteiger partial charge >= 0.3 is 0 Å². The van der Waals surface area contributed by atoms with Crippen LogP contribution in [0.15, 0.2) is 24.3 Å². The van der Waals surface area contributed by atoms with Crippen molar-refractivity contribution in [2.45, 2.75) is 19.3 Å². The van der Waals surface area contributed by atoms with Gasteiger partial charge in [0.15, 0.2) is 0 Å². The molecule has 0 aromatic heterocycles. The van der Waals surface area contributed by atoms with E-state index in [1.165, 1.54) is 5.69 Å². The number of hydrogen-bond acceptors (Lipinski definition) is 2. The second-order valence-electron chi connectivity index (χ2n) is 5.60. The summed E-state index contributed by atoms with van der Waals surface area (Å²) in [6.45, 7) is 2.90. The third-order valence-corrected chi connectivity index (χ3v) is 4.24. The largest absolute Gasteiger partial charge is 0.371 e. The molecule has 102 valence electrons. The Labute approximate surface area is 118 Å². The highest BCUT2D eigenvalue weighted by Crippen LogP contribution is 2.29. The van der Waals surface area contributed by atoms with Crippen molar-refractivity contribution in [1.82, 2.24) is 5.32 Å². The Morgan fingerprint density at radius 1 is 1.26 bits per heavy atom. The van der Waals surface area contributed by atoms with Gasteiger partial charge in [0.25, 0.3) is 0 Å². The molecule has 4 heteroatoms. The van der Waals surface area contributed by atoms with E-state index in [1.54, 1.807) is 0 Å². The molecule has 2 fully saturated rings. The van der Waals surface area contributed by atoms with Crippen molar-refractivity contribution in [3.63, 3.8) is 0 Å². The minimum absolute atomic E-state index is 0.255. The minimum Gasteiger partial charge on any atom is -0.371 e. The van der Waals surface area contributed by atoms with Gasteiger partial charge in [-0.05, 0) is 49.4 Å². The number of hydrogen-bond donors (Lipinski definition) is 1. The average Bonchev–Trinajstić information content (AvgIpc) is 3.16. The third-order valence-electron chi connectivity index (χ3n) is 3.99. The molecule has 0 unspecified atom stereocenters. The maximum Gasteiger partial charge on any atom is 0.223 e. The predicted molar refractivity (Wildman–Crippen MR) is 77.5 cm³/mol. The van der Waals surface area contributed by atoms with Crippen LogP contribution in [0.25, 0.3) is 0 Å². The minimum atomic E-state index is 0.255. The normalized spacial score (nSPS) is 22.6. The monoisotopic (exact) mass is 278 g/mol. The molecule has 19 heavy (non-hydrogen) atoms. The van der Waals surface area contributed by atoms with E-state index in [-0.39, 0.29) is 5.91 Å². The Morgan fingerprint density at radius 3 is 2.68 bits per heavy atom. The van der Waals surface area contributed by atoms with E-state index in [1.807, 2.05) is 12.1 Å². The first-order chi connectivity index (χ1) is 9.22. The highest BCUT2D eigenvalue weighted by atomic mass is 35.5. The second-order valence-corrected chi connectivity index (χ2v) is 6.03. The number of halogens is 1. The van der Waals surface area contributed by atoms with E-state index in [4.69, 9.17) is 11.6 Å². The van der Waals surface area contributed by atoms with Crippen LogP contribution in [-0.4, -0.2) is 25.5 Å². The van der Waals surface area contributed by atoms with Gasteiger partial charge in [0.2, 0.25) is 5.91 Å². The third kappa shape index (κ3) is 3.21. The smallest absolute Gasteiger partial charge is 0.223 e. The van der Waals surface area contributed by atoms with Crippen molar-refractivity contribution in [2.24, 2.45) is 11.8 Å². The van der Waals surface area contributed by atoms with E-state index >= 15 is 0 Å². The van der Waals surface area contributed by atoms with Gasteiger partial charge in [-0.2, -0.15) is 0 Å². The number of carbonyl (C=O) groups is 1. The summed E-state index contributed by atoms with van der Waals surface area (Å²) >= 11 is 5.90. The summed E-state index contributed by atoms with van der Waals surface area (Å²) in [6.07, 6.45) is 3.30. The van der Waals surface area contributed by atoms with Crippen molar-refractivity contribution in [2.75, 3.05) is 24.5 Å². The first kappa shape index (κ1) is 12.8. The summed E-state index contributed by atoms with van der Waals surface area (Å²) in [6, 6.07) is 7.99. The highest BCUT2D eigenvalue weighted by molar-refractivity contribution is 6.30. The zero-order valence-corrected chi connectivity index (χ0v) is 11.7. The Hall–Kier alpha value is -1.22. The number of nitrogens with one attached hydrogen (secondary N) is 1. The molecule has 1 aliphatic carbocycles. The Morgan fingerprint density at radius 2 is 2.00 bits per heavy atom. The summed E-state index contributed by atoms with van der Waals surface area (Å²) in [5.74, 6) is 1.14. The predicted octanol–water partition coefficient (Wildman–Crippen LogP) is 2.69. The summed E-state index contributed by atoms with van der Waals surface area (Å²) in [5, 5.41) is 3.86. The van der Waals surface area contributed by atoms with E-state index in [9.17, 15) is 4.79 Å². The van der Waals surface area contributed by atoms with Crippen LogP contribution in [0.4, 0.5) is 5.69 Å². The molecule has 1 aliphatic heterocycles. The van der Waals surface area contributed by atoms with Crippen molar-refractivity contribution < 1.29 is 4.79 Å². The Bertz CT molecular complexity index is 456. The summed E-state index contributed by atoms with van der Waals surface area (Å²) in [4.78, 5) is 14.0. The number of benzene rings is 1. The molecule has 3 nitrogen and oxygen atoms in total. The quantitative estimate of drug-likeness (QED) is 0.918. The van der Waals surface area contributed by atoms with Gasteiger partial charge < -0.3 is 10.2 Å². The maximum absolute atomic E-state index is 11.6. The summed E-state index contributed by atoms with van der Waals surface area (Å²) in [5.41, 5.74) is 1.22. The number of anilines is 1. The average molecular weight is 279 g/mol. The van der Waals surface area contributed by atoms with Gasteiger partial charge in [0, 0.05) is 36.3 Å². The van der Waals surface area contributed by atoms with Crippen LogP contribution in [-0.2, 0) is 4.79 Å². The van der Waals surface area contributed by atoms with Gasteiger partial charge in [0.1, 0.15) is 0 Å². The van der Waals surface area contributed by atoms with Gasteiger partial charge in [-0.25, -0.2) is 0 Å². The Kier molecular flexibility index (Phi) is 3.65. The van der Waals surface area contributed by atoms with Gasteiger partial charge in [-0.3, -0.25) is 4.79 Å². The molecule has 0 bridgehead atoms. The van der Waals surface area contributed by atoms with Crippen LogP contribution in [0.1, 0.15) is 19.3 Å². The van der Waals surface area contributed by atoms with Crippen LogP contribution in [0, 0.1) is 11.8 Å². The molecule has 1 saturated heterocycles. The van der Waals surface area contributed by atoms with Gasteiger partial charge in [-0.1, -0.05) is 11.6 Å². The SMILES string of the molecule is O=C(NC[C@H]1CCN(c2ccc(Cl)cc2)C1)C1CC1. The van der Waals surface area contributed by atoms with E-state index < -0.39 is 0 Å². The summed E-state index contributed by atoms with van der Waals surface area (Å²) < 4.78 is 0. The van der Waals surface area contributed by atoms with Crippen molar-refractivity contribution in [3.05, 3.63) is 29.3 Å². The molecule has 1 aromatic rings. The highest BCUT2D eigenvalue weighted by Gasteiger charge is 2.30. The van der Waals surface area contributed by atoms with E-state index in [0.29, 0.717) is 11.8 Å². The van der Waals surface area contributed by atoms with Crippen LogP contribution in [0.5, 0.6) is 0 Å². The number of carbonyl (C=O) groups excluding carboxylic acids is 1. The fourth-order valence-electron chi connectivity index (χ4n) is 2.62. The standard InChI is InChI=1S/C15H19ClN2O/c16-13-3-5-14(6-4-13)18-8-7-11(10-18)9-17-15(19)12-1-2-12/h3-6,11-12H,1-2,7-10H2,(H,17,19)/t11-/m1/s1. The Balaban J connectivity index is 1.49. The van der Waals surface area contributed by atoms with Crippen LogP contribution < -0.4 is 10.2 Å². The molecular weight excluding hydrogens is 260 g/mol. The van der Waals surface area contributed by atoms with Crippen molar-refractivity contribution in [1.29, 1.82) is 0 Å². The number of rotatable bonds is 4. The molecule has 3 rings (SSSR count). The summed E-state index contributed by atoms with van der Waals surface area (Å²) in [7, 11) is 0. The molecule has 1 aromatic carbocycles. The molecule has 0 radical (unpaired) electrons. The number of amides is 1. The van der Waals surface area contributed by atoms with E-state index in [0.717, 1.165) is 43.9 Å². The van der Waals surface area contributed by atoms with Crippen LogP contribution >= 0.6 is 11.6 Å². The van der Waals surface area contributed by atoms with Crippen molar-refractivity contribution >= 4 is 23.2 Å². The van der Waals surface area contributed by atoms with Gasteiger partial charge in [0.05, 0.1) is 0 Å². The molecule has 1 saturated carbocycles. The topological polar surface area (TPSA) is 32.3 Å². The molecule has 0 spiro atoms. The molecule has 1 N–H and O–H groups in total. The maximum atomic E-state index is 11.6. The fraction of sp³-hybridized carbons (Fsp3) is 0.533.